The number of carboxylic acids is 1. The van der Waals surface area contributed by atoms with E-state index in [1.54, 1.807) is 55.6 Å². The van der Waals surface area contributed by atoms with Crippen LogP contribution in [0.15, 0.2) is 70.6 Å². The molecule has 3 aromatic rings. The van der Waals surface area contributed by atoms with E-state index in [2.05, 4.69) is 4.99 Å². The number of likely N-dealkylation sites (N-methyl/N-ethyl adjacent to an activating group) is 1. The third-order valence-corrected chi connectivity index (χ3v) is 6.87. The molecule has 4 rings (SSSR count). The molecule has 1 heterocycles. The number of hydrogen-bond acceptors (Lipinski definition) is 6. The van der Waals surface area contributed by atoms with Crippen LogP contribution in [0.4, 0.5) is 5.69 Å². The molecule has 1 saturated heterocycles. The van der Waals surface area contributed by atoms with E-state index in [4.69, 9.17) is 37.8 Å². The van der Waals surface area contributed by atoms with E-state index in [1.807, 2.05) is 6.07 Å². The third-order valence-electron chi connectivity index (χ3n) is 5.23. The monoisotopic (exact) mass is 542 g/mol. The number of carbonyl (C=O) groups is 2. The molecule has 1 N–H and O–H groups in total. The largest absolute Gasteiger partial charge is 0.493 e. The van der Waals surface area contributed by atoms with Crippen LogP contribution in [0.5, 0.6) is 11.5 Å². The molecule has 0 bridgehead atoms. The SMILES string of the molecule is COc1cc(/C=C2\SC(=Nc3ccc(C(=O)O)cc3)N(C)C2=O)ccc1OCc1ccc(Cl)cc1Cl. The summed E-state index contributed by atoms with van der Waals surface area (Å²) in [6.07, 6.45) is 1.75. The van der Waals surface area contributed by atoms with Crippen molar-refractivity contribution in [2.24, 2.45) is 4.99 Å². The molecule has 10 heteroatoms. The molecule has 1 fully saturated rings. The van der Waals surface area contributed by atoms with Crippen molar-refractivity contribution < 1.29 is 24.2 Å². The minimum Gasteiger partial charge on any atom is -0.493 e. The Bertz CT molecular complexity index is 1390. The van der Waals surface area contributed by atoms with Crippen molar-refractivity contribution in [3.63, 3.8) is 0 Å². The van der Waals surface area contributed by atoms with E-state index >= 15 is 0 Å². The fourth-order valence-corrected chi connectivity index (χ4v) is 4.73. The number of aromatic carboxylic acids is 1. The highest BCUT2D eigenvalue weighted by Gasteiger charge is 2.30. The van der Waals surface area contributed by atoms with Gasteiger partial charge in [-0.3, -0.25) is 9.69 Å². The van der Waals surface area contributed by atoms with Gasteiger partial charge in [0.1, 0.15) is 6.61 Å². The zero-order chi connectivity index (χ0) is 25.8. The molecule has 7 nitrogen and oxygen atoms in total. The number of rotatable bonds is 7. The Morgan fingerprint density at radius 1 is 1.08 bits per heavy atom. The smallest absolute Gasteiger partial charge is 0.335 e. The van der Waals surface area contributed by atoms with Crippen LogP contribution in [0, 0.1) is 0 Å². The fourth-order valence-electron chi connectivity index (χ4n) is 3.28. The maximum absolute atomic E-state index is 12.8. The topological polar surface area (TPSA) is 88.4 Å². The minimum absolute atomic E-state index is 0.167. The number of carbonyl (C=O) groups excluding carboxylic acids is 1. The van der Waals surface area contributed by atoms with Crippen LogP contribution in [0.1, 0.15) is 21.5 Å². The van der Waals surface area contributed by atoms with Crippen molar-refractivity contribution in [1.29, 1.82) is 0 Å². The number of carboxylic acid groups (broad SMARTS) is 1. The Labute approximate surface area is 221 Å². The van der Waals surface area contributed by atoms with Crippen LogP contribution in [-0.4, -0.2) is 41.2 Å². The standard InChI is InChI=1S/C26H20Cl2N2O5S/c1-30-24(31)23(36-26(30)29-19-8-5-16(6-9-19)25(32)33)12-15-3-10-21(22(11-15)34-2)35-14-17-4-7-18(27)13-20(17)28/h3-13H,14H2,1-2H3,(H,32,33)/b23-12-,29-26?. The summed E-state index contributed by atoms with van der Waals surface area (Å²) in [5.74, 6) is -0.175. The van der Waals surface area contributed by atoms with E-state index in [-0.39, 0.29) is 18.1 Å². The minimum atomic E-state index is -1.01. The zero-order valence-corrected chi connectivity index (χ0v) is 21.5. The summed E-state index contributed by atoms with van der Waals surface area (Å²) >= 11 is 13.4. The molecular formula is C26H20Cl2N2O5S. The van der Waals surface area contributed by atoms with Gasteiger partial charge < -0.3 is 14.6 Å². The van der Waals surface area contributed by atoms with Gasteiger partial charge in [0, 0.05) is 22.7 Å². The molecule has 1 amide bonds. The molecule has 0 aromatic heterocycles. The van der Waals surface area contributed by atoms with Crippen molar-refractivity contribution in [1.82, 2.24) is 4.90 Å². The van der Waals surface area contributed by atoms with E-state index in [9.17, 15) is 9.59 Å². The Kier molecular flexibility index (Phi) is 7.88. The number of amides is 1. The summed E-state index contributed by atoms with van der Waals surface area (Å²) in [7, 11) is 3.18. The molecule has 1 aliphatic rings. The molecule has 0 aliphatic carbocycles. The molecule has 0 atom stereocenters. The van der Waals surface area contributed by atoms with E-state index < -0.39 is 5.97 Å². The Morgan fingerprint density at radius 2 is 1.83 bits per heavy atom. The van der Waals surface area contributed by atoms with Gasteiger partial charge in [0.05, 0.1) is 23.3 Å². The lowest BCUT2D eigenvalue weighted by molar-refractivity contribution is -0.121. The van der Waals surface area contributed by atoms with E-state index in [0.29, 0.717) is 37.3 Å². The normalized spacial score (nSPS) is 15.6. The van der Waals surface area contributed by atoms with Crippen molar-refractivity contribution in [3.8, 4) is 11.5 Å². The van der Waals surface area contributed by atoms with Gasteiger partial charge in [-0.05, 0) is 71.9 Å². The summed E-state index contributed by atoms with van der Waals surface area (Å²) in [4.78, 5) is 30.2. The first-order valence-electron chi connectivity index (χ1n) is 10.6. The molecule has 184 valence electrons. The quantitative estimate of drug-likeness (QED) is 0.342. The molecular weight excluding hydrogens is 523 g/mol. The van der Waals surface area contributed by atoms with Crippen molar-refractivity contribution in [2.75, 3.05) is 14.2 Å². The molecule has 0 radical (unpaired) electrons. The van der Waals surface area contributed by atoms with Crippen LogP contribution in [0.3, 0.4) is 0 Å². The van der Waals surface area contributed by atoms with E-state index in [1.165, 1.54) is 35.9 Å². The predicted octanol–water partition coefficient (Wildman–Crippen LogP) is 6.51. The number of hydrogen-bond donors (Lipinski definition) is 1. The average Bonchev–Trinajstić information content (AvgIpc) is 3.11. The molecule has 0 spiro atoms. The van der Waals surface area contributed by atoms with Crippen LogP contribution in [-0.2, 0) is 11.4 Å². The second kappa shape index (κ2) is 11.1. The highest BCUT2D eigenvalue weighted by Crippen LogP contribution is 2.35. The number of amidine groups is 1. The molecule has 0 unspecified atom stereocenters. The van der Waals surface area contributed by atoms with Crippen LogP contribution in [0.25, 0.3) is 6.08 Å². The van der Waals surface area contributed by atoms with Gasteiger partial charge in [0.15, 0.2) is 16.7 Å². The van der Waals surface area contributed by atoms with Crippen LogP contribution >= 0.6 is 35.0 Å². The van der Waals surface area contributed by atoms with Gasteiger partial charge in [-0.15, -0.1) is 0 Å². The summed E-state index contributed by atoms with van der Waals surface area (Å²) in [6, 6.07) is 16.7. The van der Waals surface area contributed by atoms with Gasteiger partial charge in [0.2, 0.25) is 0 Å². The number of benzene rings is 3. The number of nitrogens with zero attached hydrogens (tertiary/aromatic N) is 2. The highest BCUT2D eigenvalue weighted by atomic mass is 35.5. The first kappa shape index (κ1) is 25.6. The number of halogens is 2. The number of thioether (sulfide) groups is 1. The fraction of sp³-hybridized carbons (Fsp3) is 0.115. The summed E-state index contributed by atoms with van der Waals surface area (Å²) in [6.45, 7) is 0.235. The van der Waals surface area contributed by atoms with Crippen molar-refractivity contribution in [3.05, 3.63) is 92.3 Å². The second-order valence-electron chi connectivity index (χ2n) is 7.66. The number of aliphatic imine (C=N–C) groups is 1. The highest BCUT2D eigenvalue weighted by molar-refractivity contribution is 8.18. The van der Waals surface area contributed by atoms with Gasteiger partial charge in [-0.1, -0.05) is 35.3 Å². The lowest BCUT2D eigenvalue weighted by atomic mass is 10.2. The van der Waals surface area contributed by atoms with Crippen molar-refractivity contribution >= 4 is 63.8 Å². The summed E-state index contributed by atoms with van der Waals surface area (Å²) in [5, 5.41) is 10.6. The Morgan fingerprint density at radius 3 is 2.50 bits per heavy atom. The first-order valence-corrected chi connectivity index (χ1v) is 12.2. The number of methoxy groups -OCH3 is 1. The molecule has 36 heavy (non-hydrogen) atoms. The average molecular weight is 543 g/mol. The zero-order valence-electron chi connectivity index (χ0n) is 19.2. The van der Waals surface area contributed by atoms with Gasteiger partial charge in [-0.2, -0.15) is 0 Å². The van der Waals surface area contributed by atoms with Crippen molar-refractivity contribution in [2.45, 2.75) is 6.61 Å². The maximum atomic E-state index is 12.8. The summed E-state index contributed by atoms with van der Waals surface area (Å²) < 4.78 is 11.4. The second-order valence-corrected chi connectivity index (χ2v) is 9.51. The van der Waals surface area contributed by atoms with Gasteiger partial charge in [-0.25, -0.2) is 9.79 Å². The van der Waals surface area contributed by atoms with E-state index in [0.717, 1.165) is 11.1 Å². The van der Waals surface area contributed by atoms with Gasteiger partial charge in [0.25, 0.3) is 5.91 Å². The lowest BCUT2D eigenvalue weighted by Gasteiger charge is -2.12. The van der Waals surface area contributed by atoms with Crippen LogP contribution < -0.4 is 9.47 Å². The predicted molar refractivity (Wildman–Crippen MR) is 143 cm³/mol. The number of ether oxygens (including phenoxy) is 2. The third kappa shape index (κ3) is 5.84. The molecule has 1 aliphatic heterocycles. The van der Waals surface area contributed by atoms with Gasteiger partial charge >= 0.3 is 5.97 Å². The Balaban J connectivity index is 1.51. The lowest BCUT2D eigenvalue weighted by Crippen LogP contribution is -2.23. The Hall–Kier alpha value is -3.46. The first-order chi connectivity index (χ1) is 17.2. The molecule has 3 aromatic carbocycles. The summed E-state index contributed by atoms with van der Waals surface area (Å²) in [5.41, 5.74) is 2.25. The van der Waals surface area contributed by atoms with Crippen LogP contribution in [0.2, 0.25) is 10.0 Å². The maximum Gasteiger partial charge on any atom is 0.335 e. The molecule has 0 saturated carbocycles.